The third-order valence-corrected chi connectivity index (χ3v) is 4.72. The molecule has 1 fully saturated rings. The summed E-state index contributed by atoms with van der Waals surface area (Å²) in [4.78, 5) is 2.62. The number of ether oxygens (including phenoxy) is 1. The number of nitrogens with one attached hydrogen (secondary N) is 1. The maximum Gasteiger partial charge on any atom is 0.124 e. The summed E-state index contributed by atoms with van der Waals surface area (Å²) in [5, 5.41) is 3.50. The maximum absolute atomic E-state index is 5.97. The number of fused-ring (bicyclic) bond motifs is 1. The van der Waals surface area contributed by atoms with Gasteiger partial charge in [-0.05, 0) is 32.0 Å². The van der Waals surface area contributed by atoms with Crippen molar-refractivity contribution in [3.8, 4) is 5.75 Å². The molecule has 3 unspecified atom stereocenters. The normalized spacial score (nSPS) is 30.9. The molecule has 2 aliphatic rings. The highest BCUT2D eigenvalue weighted by Crippen LogP contribution is 2.35. The van der Waals surface area contributed by atoms with Gasteiger partial charge < -0.3 is 10.1 Å². The van der Waals surface area contributed by atoms with Crippen LogP contribution in [0.1, 0.15) is 31.4 Å². The predicted octanol–water partition coefficient (Wildman–Crippen LogP) is 2.44. The van der Waals surface area contributed by atoms with Crippen molar-refractivity contribution in [2.24, 2.45) is 5.92 Å². The molecule has 0 radical (unpaired) electrons. The molecular weight excluding hydrogens is 236 g/mol. The molecule has 3 nitrogen and oxygen atoms in total. The lowest BCUT2D eigenvalue weighted by Crippen LogP contribution is -2.48. The second-order valence-corrected chi connectivity index (χ2v) is 5.74. The fourth-order valence-electron chi connectivity index (χ4n) is 3.51. The molecule has 19 heavy (non-hydrogen) atoms. The van der Waals surface area contributed by atoms with E-state index in [4.69, 9.17) is 4.74 Å². The summed E-state index contributed by atoms with van der Waals surface area (Å²) in [6, 6.07) is 9.28. The summed E-state index contributed by atoms with van der Waals surface area (Å²) < 4.78 is 5.97. The zero-order valence-corrected chi connectivity index (χ0v) is 11.9. The van der Waals surface area contributed by atoms with E-state index in [0.29, 0.717) is 12.1 Å². The fourth-order valence-corrected chi connectivity index (χ4v) is 3.51. The van der Waals surface area contributed by atoms with Crippen LogP contribution >= 0.6 is 0 Å². The van der Waals surface area contributed by atoms with Crippen LogP contribution in [0.4, 0.5) is 0 Å². The Bertz CT molecular complexity index is 435. The largest absolute Gasteiger partial charge is 0.492 e. The van der Waals surface area contributed by atoms with E-state index in [-0.39, 0.29) is 0 Å². The first kappa shape index (κ1) is 12.9. The van der Waals surface area contributed by atoms with E-state index < -0.39 is 0 Å². The van der Waals surface area contributed by atoms with Gasteiger partial charge in [-0.25, -0.2) is 0 Å². The predicted molar refractivity (Wildman–Crippen MR) is 77.5 cm³/mol. The molecule has 2 heterocycles. The number of hydrogen-bond acceptors (Lipinski definition) is 3. The first-order valence-electron chi connectivity index (χ1n) is 7.46. The number of benzene rings is 1. The molecule has 1 aromatic rings. The second-order valence-electron chi connectivity index (χ2n) is 5.74. The van der Waals surface area contributed by atoms with Crippen LogP contribution in [0.2, 0.25) is 0 Å². The van der Waals surface area contributed by atoms with E-state index in [9.17, 15) is 0 Å². The molecular formula is C16H24N2O. The minimum absolute atomic E-state index is 0.389. The van der Waals surface area contributed by atoms with Crippen LogP contribution in [0.3, 0.4) is 0 Å². The summed E-state index contributed by atoms with van der Waals surface area (Å²) in [6.07, 6.45) is 2.63. The Balaban J connectivity index is 1.80. The van der Waals surface area contributed by atoms with Gasteiger partial charge in [0, 0.05) is 12.1 Å². The maximum atomic E-state index is 5.97. The molecule has 0 bridgehead atoms. The van der Waals surface area contributed by atoms with Crippen LogP contribution in [-0.4, -0.2) is 37.7 Å². The summed E-state index contributed by atoms with van der Waals surface area (Å²) in [5.74, 6) is 1.92. The lowest BCUT2D eigenvalue weighted by atomic mass is 9.95. The van der Waals surface area contributed by atoms with Crippen LogP contribution < -0.4 is 10.1 Å². The van der Waals surface area contributed by atoms with Crippen LogP contribution in [0.15, 0.2) is 24.3 Å². The van der Waals surface area contributed by atoms with Gasteiger partial charge in [0.15, 0.2) is 0 Å². The highest BCUT2D eigenvalue weighted by Gasteiger charge is 2.36. The molecule has 0 aliphatic carbocycles. The topological polar surface area (TPSA) is 24.5 Å². The number of likely N-dealkylation sites (tertiary alicyclic amines) is 1. The third kappa shape index (κ3) is 2.37. The van der Waals surface area contributed by atoms with Crippen molar-refractivity contribution in [3.63, 3.8) is 0 Å². The SMILES string of the molecule is CCC1CCN(C2COc3ccccc3C2NC)C1. The summed E-state index contributed by atoms with van der Waals surface area (Å²) in [6.45, 7) is 5.55. The Morgan fingerprint density at radius 2 is 2.21 bits per heavy atom. The van der Waals surface area contributed by atoms with Gasteiger partial charge in [0.05, 0.1) is 12.1 Å². The molecule has 3 heteroatoms. The van der Waals surface area contributed by atoms with Crippen molar-refractivity contribution >= 4 is 0 Å². The summed E-state index contributed by atoms with van der Waals surface area (Å²) in [5.41, 5.74) is 1.31. The minimum Gasteiger partial charge on any atom is -0.492 e. The monoisotopic (exact) mass is 260 g/mol. The number of likely N-dealkylation sites (N-methyl/N-ethyl adjacent to an activating group) is 1. The molecule has 3 atom stereocenters. The van der Waals surface area contributed by atoms with Gasteiger partial charge in [-0.1, -0.05) is 31.5 Å². The van der Waals surface area contributed by atoms with Crippen molar-refractivity contribution in [2.75, 3.05) is 26.7 Å². The van der Waals surface area contributed by atoms with E-state index in [1.54, 1.807) is 0 Å². The van der Waals surface area contributed by atoms with E-state index in [2.05, 4.69) is 48.5 Å². The number of rotatable bonds is 3. The Hall–Kier alpha value is -1.06. The molecule has 0 amide bonds. The molecule has 2 aliphatic heterocycles. The van der Waals surface area contributed by atoms with Gasteiger partial charge >= 0.3 is 0 Å². The van der Waals surface area contributed by atoms with E-state index >= 15 is 0 Å². The van der Waals surface area contributed by atoms with Crippen LogP contribution in [-0.2, 0) is 0 Å². The molecule has 0 spiro atoms. The Morgan fingerprint density at radius 3 is 2.95 bits per heavy atom. The third-order valence-electron chi connectivity index (χ3n) is 4.72. The van der Waals surface area contributed by atoms with Crippen molar-refractivity contribution in [2.45, 2.75) is 31.8 Å². The summed E-state index contributed by atoms with van der Waals surface area (Å²) >= 11 is 0. The van der Waals surface area contributed by atoms with Gasteiger partial charge in [-0.2, -0.15) is 0 Å². The minimum atomic E-state index is 0.389. The first-order valence-corrected chi connectivity index (χ1v) is 7.46. The van der Waals surface area contributed by atoms with Crippen molar-refractivity contribution in [1.82, 2.24) is 10.2 Å². The van der Waals surface area contributed by atoms with E-state index in [0.717, 1.165) is 18.3 Å². The molecule has 104 valence electrons. The zero-order valence-electron chi connectivity index (χ0n) is 11.9. The highest BCUT2D eigenvalue weighted by atomic mass is 16.5. The number of hydrogen-bond donors (Lipinski definition) is 1. The van der Waals surface area contributed by atoms with E-state index in [1.165, 1.54) is 31.5 Å². The van der Waals surface area contributed by atoms with Gasteiger partial charge in [0.2, 0.25) is 0 Å². The molecule has 0 aromatic heterocycles. The van der Waals surface area contributed by atoms with Gasteiger partial charge in [0.1, 0.15) is 12.4 Å². The standard InChI is InChI=1S/C16H24N2O/c1-3-12-8-9-18(10-12)14-11-19-15-7-5-4-6-13(15)16(14)17-2/h4-7,12,14,16-17H,3,8-11H2,1-2H3. The van der Waals surface area contributed by atoms with Crippen molar-refractivity contribution in [3.05, 3.63) is 29.8 Å². The quantitative estimate of drug-likeness (QED) is 0.903. The van der Waals surface area contributed by atoms with Crippen molar-refractivity contribution in [1.29, 1.82) is 0 Å². The Morgan fingerprint density at radius 1 is 1.37 bits per heavy atom. The molecule has 1 aromatic carbocycles. The van der Waals surface area contributed by atoms with Gasteiger partial charge in [0.25, 0.3) is 0 Å². The lowest BCUT2D eigenvalue weighted by Gasteiger charge is -2.38. The van der Waals surface area contributed by atoms with Crippen LogP contribution in [0, 0.1) is 5.92 Å². The zero-order chi connectivity index (χ0) is 13.2. The average molecular weight is 260 g/mol. The number of nitrogens with zero attached hydrogens (tertiary/aromatic N) is 1. The van der Waals surface area contributed by atoms with Crippen LogP contribution in [0.25, 0.3) is 0 Å². The first-order chi connectivity index (χ1) is 9.33. The highest BCUT2D eigenvalue weighted by molar-refractivity contribution is 5.38. The molecule has 1 N–H and O–H groups in total. The van der Waals surface area contributed by atoms with Gasteiger partial charge in [-0.3, -0.25) is 4.90 Å². The second kappa shape index (κ2) is 5.51. The molecule has 3 rings (SSSR count). The van der Waals surface area contributed by atoms with Crippen molar-refractivity contribution < 1.29 is 4.74 Å². The average Bonchev–Trinajstić information content (AvgIpc) is 2.94. The summed E-state index contributed by atoms with van der Waals surface area (Å²) in [7, 11) is 2.06. The van der Waals surface area contributed by atoms with Crippen LogP contribution in [0.5, 0.6) is 5.75 Å². The smallest absolute Gasteiger partial charge is 0.124 e. The Labute approximate surface area is 115 Å². The lowest BCUT2D eigenvalue weighted by molar-refractivity contribution is 0.104. The van der Waals surface area contributed by atoms with E-state index in [1.807, 2.05) is 0 Å². The van der Waals surface area contributed by atoms with Gasteiger partial charge in [-0.15, -0.1) is 0 Å². The number of para-hydroxylation sites is 1. The molecule has 1 saturated heterocycles. The Kier molecular flexibility index (Phi) is 3.76. The fraction of sp³-hybridized carbons (Fsp3) is 0.625. The molecule has 0 saturated carbocycles.